The molecule has 0 spiro atoms. The molecule has 3 rings (SSSR count). The molecule has 1 heterocycles. The summed E-state index contributed by atoms with van der Waals surface area (Å²) in [5, 5.41) is 3.50. The van der Waals surface area contributed by atoms with Crippen LogP contribution in [0, 0.1) is 6.92 Å². The van der Waals surface area contributed by atoms with Crippen molar-refractivity contribution in [1.29, 1.82) is 0 Å². The summed E-state index contributed by atoms with van der Waals surface area (Å²) in [7, 11) is 3.13. The number of nitrogens with one attached hydrogen (secondary N) is 1. The molecule has 0 bridgehead atoms. The lowest BCUT2D eigenvalue weighted by Gasteiger charge is -2.14. The van der Waals surface area contributed by atoms with Crippen LogP contribution in [-0.4, -0.2) is 32.2 Å². The second kappa shape index (κ2) is 8.68. The van der Waals surface area contributed by atoms with Crippen LogP contribution in [0.4, 0.5) is 0 Å². The second-order valence-corrected chi connectivity index (χ2v) is 6.50. The third-order valence-electron chi connectivity index (χ3n) is 4.63. The Labute approximate surface area is 168 Å². The Bertz CT molecular complexity index is 1040. The summed E-state index contributed by atoms with van der Waals surface area (Å²) in [5.74, 6) is 0.283. The minimum absolute atomic E-state index is 0.0673. The number of benzene rings is 2. The van der Waals surface area contributed by atoms with E-state index in [2.05, 4.69) is 5.32 Å². The third kappa shape index (κ3) is 4.34. The van der Waals surface area contributed by atoms with E-state index in [0.717, 1.165) is 10.9 Å². The molecule has 1 atom stereocenters. The molecule has 1 N–H and O–H groups in total. The second-order valence-electron chi connectivity index (χ2n) is 6.50. The number of carbonyl (C=O) groups excluding carboxylic acids is 2. The molecule has 0 saturated heterocycles. The molecule has 7 heteroatoms. The van der Waals surface area contributed by atoms with Crippen molar-refractivity contribution < 1.29 is 28.2 Å². The maximum atomic E-state index is 12.5. The number of rotatable bonds is 7. The minimum atomic E-state index is -0.987. The summed E-state index contributed by atoms with van der Waals surface area (Å²) in [4.78, 5) is 24.9. The zero-order valence-corrected chi connectivity index (χ0v) is 16.8. The smallest absolute Gasteiger partial charge is 0.375 e. The fourth-order valence-corrected chi connectivity index (χ4v) is 2.96. The molecule has 29 heavy (non-hydrogen) atoms. The number of hydrogen-bond donors (Lipinski definition) is 1. The Morgan fingerprint density at radius 1 is 1.10 bits per heavy atom. The lowest BCUT2D eigenvalue weighted by atomic mass is 10.1. The van der Waals surface area contributed by atoms with Gasteiger partial charge in [-0.15, -0.1) is 0 Å². The monoisotopic (exact) mass is 397 g/mol. The SMILES string of the molecule is COc1ccc2oc(C(=O)O[C@H](C)C(=O)NCc3ccccc3OC)c(C)c2c1. The van der Waals surface area contributed by atoms with Gasteiger partial charge in [-0.2, -0.15) is 0 Å². The lowest BCUT2D eigenvalue weighted by molar-refractivity contribution is -0.129. The van der Waals surface area contributed by atoms with Gasteiger partial charge in [-0.05, 0) is 38.1 Å². The first-order valence-electron chi connectivity index (χ1n) is 9.12. The van der Waals surface area contributed by atoms with Gasteiger partial charge < -0.3 is 23.9 Å². The third-order valence-corrected chi connectivity index (χ3v) is 4.63. The first-order valence-corrected chi connectivity index (χ1v) is 9.12. The van der Waals surface area contributed by atoms with E-state index in [1.54, 1.807) is 39.3 Å². The minimum Gasteiger partial charge on any atom is -0.497 e. The maximum absolute atomic E-state index is 12.5. The van der Waals surface area contributed by atoms with Gasteiger partial charge in [0.2, 0.25) is 5.76 Å². The van der Waals surface area contributed by atoms with Crippen molar-refractivity contribution in [3.63, 3.8) is 0 Å². The Kier molecular flexibility index (Phi) is 6.07. The normalized spacial score (nSPS) is 11.7. The van der Waals surface area contributed by atoms with Crippen LogP contribution in [0.2, 0.25) is 0 Å². The highest BCUT2D eigenvalue weighted by Crippen LogP contribution is 2.29. The van der Waals surface area contributed by atoms with E-state index in [0.29, 0.717) is 22.6 Å². The van der Waals surface area contributed by atoms with Crippen LogP contribution >= 0.6 is 0 Å². The maximum Gasteiger partial charge on any atom is 0.375 e. The number of carbonyl (C=O) groups is 2. The number of furan rings is 1. The molecule has 0 saturated carbocycles. The van der Waals surface area contributed by atoms with Crippen LogP contribution in [0.25, 0.3) is 11.0 Å². The van der Waals surface area contributed by atoms with Gasteiger partial charge >= 0.3 is 5.97 Å². The molecule has 2 aromatic carbocycles. The van der Waals surface area contributed by atoms with E-state index < -0.39 is 18.0 Å². The van der Waals surface area contributed by atoms with Gasteiger partial charge in [0.1, 0.15) is 17.1 Å². The Morgan fingerprint density at radius 3 is 2.59 bits per heavy atom. The van der Waals surface area contributed by atoms with Gasteiger partial charge in [0.05, 0.1) is 14.2 Å². The van der Waals surface area contributed by atoms with Crippen LogP contribution in [-0.2, 0) is 16.1 Å². The van der Waals surface area contributed by atoms with E-state index in [4.69, 9.17) is 18.6 Å². The predicted octanol–water partition coefficient (Wildman–Crippen LogP) is 3.62. The summed E-state index contributed by atoms with van der Waals surface area (Å²) >= 11 is 0. The molecule has 0 aliphatic heterocycles. The van der Waals surface area contributed by atoms with E-state index >= 15 is 0 Å². The molecule has 0 radical (unpaired) electrons. The van der Waals surface area contributed by atoms with Gasteiger partial charge in [0.15, 0.2) is 6.10 Å². The molecule has 7 nitrogen and oxygen atoms in total. The Balaban J connectivity index is 1.66. The van der Waals surface area contributed by atoms with Crippen molar-refractivity contribution in [3.8, 4) is 11.5 Å². The molecular weight excluding hydrogens is 374 g/mol. The quantitative estimate of drug-likeness (QED) is 0.613. The molecule has 0 aliphatic rings. The van der Waals surface area contributed by atoms with Gasteiger partial charge in [-0.3, -0.25) is 4.79 Å². The van der Waals surface area contributed by atoms with Crippen molar-refractivity contribution >= 4 is 22.8 Å². The fraction of sp³-hybridized carbons (Fsp3) is 0.273. The van der Waals surface area contributed by atoms with Crippen molar-refractivity contribution in [2.75, 3.05) is 14.2 Å². The number of hydrogen-bond acceptors (Lipinski definition) is 6. The van der Waals surface area contributed by atoms with Gasteiger partial charge in [-0.25, -0.2) is 4.79 Å². The van der Waals surface area contributed by atoms with Crippen LogP contribution < -0.4 is 14.8 Å². The highest BCUT2D eigenvalue weighted by atomic mass is 16.6. The Hall–Kier alpha value is -3.48. The van der Waals surface area contributed by atoms with Crippen LogP contribution in [0.1, 0.15) is 28.6 Å². The molecule has 0 unspecified atom stereocenters. The molecule has 0 fully saturated rings. The number of para-hydroxylation sites is 1. The molecule has 152 valence electrons. The Morgan fingerprint density at radius 2 is 1.86 bits per heavy atom. The van der Waals surface area contributed by atoms with Crippen molar-refractivity contribution in [2.24, 2.45) is 0 Å². The van der Waals surface area contributed by atoms with Gasteiger partial charge in [0, 0.05) is 23.1 Å². The summed E-state index contributed by atoms with van der Waals surface area (Å²) < 4.78 is 21.4. The van der Waals surface area contributed by atoms with E-state index in [1.165, 1.54) is 6.92 Å². The van der Waals surface area contributed by atoms with Gasteiger partial charge in [0.25, 0.3) is 5.91 Å². The molecule has 1 amide bonds. The van der Waals surface area contributed by atoms with Gasteiger partial charge in [-0.1, -0.05) is 18.2 Å². The zero-order chi connectivity index (χ0) is 21.0. The number of esters is 1. The number of aryl methyl sites for hydroxylation is 1. The van der Waals surface area contributed by atoms with Crippen molar-refractivity contribution in [3.05, 3.63) is 59.4 Å². The highest BCUT2D eigenvalue weighted by Gasteiger charge is 2.24. The highest BCUT2D eigenvalue weighted by molar-refractivity contribution is 5.97. The number of ether oxygens (including phenoxy) is 3. The summed E-state index contributed by atoms with van der Waals surface area (Å²) in [6.45, 7) is 3.53. The molecular formula is C22H23NO6. The summed E-state index contributed by atoms with van der Waals surface area (Å²) in [6, 6.07) is 12.6. The number of amides is 1. The fourth-order valence-electron chi connectivity index (χ4n) is 2.96. The summed E-state index contributed by atoms with van der Waals surface area (Å²) in [6.07, 6.45) is -0.987. The topological polar surface area (TPSA) is 87.0 Å². The average Bonchev–Trinajstić information content (AvgIpc) is 3.08. The first kappa shape index (κ1) is 20.3. The molecule has 1 aromatic heterocycles. The number of methoxy groups -OCH3 is 2. The summed E-state index contributed by atoms with van der Waals surface area (Å²) in [5.41, 5.74) is 2.00. The van der Waals surface area contributed by atoms with E-state index in [9.17, 15) is 9.59 Å². The van der Waals surface area contributed by atoms with Crippen LogP contribution in [0.15, 0.2) is 46.9 Å². The van der Waals surface area contributed by atoms with Crippen LogP contribution in [0.3, 0.4) is 0 Å². The van der Waals surface area contributed by atoms with Crippen molar-refractivity contribution in [1.82, 2.24) is 5.32 Å². The standard InChI is InChI=1S/C22H23NO6/c1-13-17-11-16(26-3)9-10-19(17)29-20(13)22(25)28-14(2)21(24)23-12-15-7-5-6-8-18(15)27-4/h5-11,14H,12H2,1-4H3,(H,23,24)/t14-/m1/s1. The van der Waals surface area contributed by atoms with E-state index in [1.807, 2.05) is 24.3 Å². The lowest BCUT2D eigenvalue weighted by Crippen LogP contribution is -2.35. The van der Waals surface area contributed by atoms with E-state index in [-0.39, 0.29) is 12.3 Å². The molecule has 0 aliphatic carbocycles. The zero-order valence-electron chi connectivity index (χ0n) is 16.8. The first-order chi connectivity index (χ1) is 13.9. The molecule has 3 aromatic rings. The largest absolute Gasteiger partial charge is 0.497 e. The average molecular weight is 397 g/mol. The number of fused-ring (bicyclic) bond motifs is 1. The van der Waals surface area contributed by atoms with Crippen LogP contribution in [0.5, 0.6) is 11.5 Å². The predicted molar refractivity (Wildman–Crippen MR) is 107 cm³/mol. The van der Waals surface area contributed by atoms with Crippen molar-refractivity contribution in [2.45, 2.75) is 26.5 Å².